The molecule has 1 aromatic heterocycles. The average Bonchev–Trinajstić information content (AvgIpc) is 2.71. The molecule has 0 aromatic carbocycles. The molecule has 0 atom stereocenters. The summed E-state index contributed by atoms with van der Waals surface area (Å²) in [6.45, 7) is 1.96. The molecule has 2 aliphatic heterocycles. The zero-order valence-corrected chi connectivity index (χ0v) is 10.6. The number of hydrogen-bond acceptors (Lipinski definition) is 4. The van der Waals surface area contributed by atoms with Crippen LogP contribution in [-0.4, -0.2) is 21.5 Å². The lowest BCUT2D eigenvalue weighted by Crippen LogP contribution is -2.23. The minimum Gasteiger partial charge on any atom is -0.262 e. The second-order valence-corrected chi connectivity index (χ2v) is 4.44. The molecule has 3 rings (SSSR count). The van der Waals surface area contributed by atoms with Gasteiger partial charge in [0, 0.05) is 38.4 Å². The summed E-state index contributed by atoms with van der Waals surface area (Å²) >= 11 is 3.36. The number of fused-ring (bicyclic) bond motifs is 1. The highest BCUT2D eigenvalue weighted by molar-refractivity contribution is 9.11. The molecule has 0 fully saturated rings. The van der Waals surface area contributed by atoms with Crippen LogP contribution in [0.15, 0.2) is 45.2 Å². The van der Waals surface area contributed by atoms with Crippen LogP contribution in [0.5, 0.6) is 0 Å². The number of aromatic nitrogens is 1. The number of aryl methyl sites for hydroxylation is 1. The van der Waals surface area contributed by atoms with Gasteiger partial charge in [-0.1, -0.05) is 5.01 Å². The van der Waals surface area contributed by atoms with E-state index in [1.807, 2.05) is 31.2 Å². The van der Waals surface area contributed by atoms with Gasteiger partial charge in [0.05, 0.1) is 11.8 Å². The molecule has 0 spiro atoms. The van der Waals surface area contributed by atoms with Crippen molar-refractivity contribution in [2.24, 2.45) is 10.1 Å². The van der Waals surface area contributed by atoms with Crippen molar-refractivity contribution in [3.63, 3.8) is 0 Å². The highest BCUT2D eigenvalue weighted by Crippen LogP contribution is 2.23. The van der Waals surface area contributed by atoms with Gasteiger partial charge in [-0.25, -0.2) is 0 Å². The summed E-state index contributed by atoms with van der Waals surface area (Å²) in [5.41, 5.74) is 2.90. The van der Waals surface area contributed by atoms with Crippen molar-refractivity contribution in [1.82, 2.24) is 9.99 Å². The van der Waals surface area contributed by atoms with Crippen LogP contribution in [0.3, 0.4) is 0 Å². The maximum absolute atomic E-state index is 4.49. The largest absolute Gasteiger partial charge is 0.308 e. The van der Waals surface area contributed by atoms with E-state index in [0.29, 0.717) is 0 Å². The van der Waals surface area contributed by atoms with Crippen LogP contribution >= 0.6 is 15.9 Å². The van der Waals surface area contributed by atoms with E-state index in [-0.39, 0.29) is 0 Å². The molecule has 1 aromatic rings. The van der Waals surface area contributed by atoms with Gasteiger partial charge in [-0.15, -0.1) is 5.10 Å². The third-order valence-corrected chi connectivity index (χ3v) is 2.97. The fourth-order valence-corrected chi connectivity index (χ4v) is 2.00. The molecule has 17 heavy (non-hydrogen) atoms. The maximum atomic E-state index is 4.49. The number of pyridine rings is 1. The van der Waals surface area contributed by atoms with E-state index in [1.54, 1.807) is 11.2 Å². The summed E-state index contributed by atoms with van der Waals surface area (Å²) in [7, 11) is 0. The van der Waals surface area contributed by atoms with E-state index in [4.69, 9.17) is 0 Å². The van der Waals surface area contributed by atoms with E-state index in [1.165, 1.54) is 0 Å². The quantitative estimate of drug-likeness (QED) is 0.588. The van der Waals surface area contributed by atoms with Crippen LogP contribution in [0.25, 0.3) is 0 Å². The first-order valence-corrected chi connectivity index (χ1v) is 5.89. The summed E-state index contributed by atoms with van der Waals surface area (Å²) in [4.78, 5) is 8.26. The van der Waals surface area contributed by atoms with E-state index in [9.17, 15) is 0 Å². The Morgan fingerprint density at radius 1 is 1.35 bits per heavy atom. The normalized spacial score (nSPS) is 17.1. The summed E-state index contributed by atoms with van der Waals surface area (Å²) in [6.07, 6.45) is 8.46. The fraction of sp³-hybridized carbons (Fsp3) is 0.0833. The van der Waals surface area contributed by atoms with Crippen molar-refractivity contribution in [3.8, 4) is 0 Å². The van der Waals surface area contributed by atoms with Gasteiger partial charge in [-0.3, -0.25) is 4.98 Å². The number of amidine groups is 1. The summed E-state index contributed by atoms with van der Waals surface area (Å²) in [5, 5.41) is 6.21. The third kappa shape index (κ3) is 1.79. The van der Waals surface area contributed by atoms with Gasteiger partial charge in [0.2, 0.25) is 0 Å². The van der Waals surface area contributed by atoms with Crippen molar-refractivity contribution in [3.05, 3.63) is 52.5 Å². The zero-order chi connectivity index (χ0) is 11.8. The molecule has 0 N–H and O–H groups in total. The molecule has 5 heteroatoms. The Labute approximate surface area is 107 Å². The van der Waals surface area contributed by atoms with Gasteiger partial charge >= 0.3 is 5.84 Å². The lowest BCUT2D eigenvalue weighted by Gasteiger charge is -2.11. The molecule has 0 saturated carbocycles. The molecule has 3 heterocycles. The highest BCUT2D eigenvalue weighted by Gasteiger charge is 2.32. The maximum Gasteiger partial charge on any atom is 0.308 e. The molecule has 0 radical (unpaired) electrons. The van der Waals surface area contributed by atoms with Crippen molar-refractivity contribution in [2.75, 3.05) is 0 Å². The molecular weight excluding hydrogens is 280 g/mol. The number of nitrogens with zero attached hydrogens (tertiary/aromatic N) is 4. The molecule has 0 aliphatic carbocycles. The van der Waals surface area contributed by atoms with Crippen LogP contribution < -0.4 is 0 Å². The molecular formula is C12H8BrN4+. The number of hydrazone groups is 1. The SMILES string of the molecule is Cc1cc(C2=NN3C(Br)=[C+]N=C3C=C2)ccn1. The van der Waals surface area contributed by atoms with Crippen LogP contribution in [0, 0.1) is 13.1 Å². The van der Waals surface area contributed by atoms with Gasteiger partial charge in [0.1, 0.15) is 0 Å². The van der Waals surface area contributed by atoms with E-state index in [2.05, 4.69) is 37.2 Å². The molecule has 0 bridgehead atoms. The Bertz CT molecular complexity index is 598. The minimum absolute atomic E-state index is 0.722. The first kappa shape index (κ1) is 10.3. The average molecular weight is 288 g/mol. The van der Waals surface area contributed by atoms with Gasteiger partial charge in [-0.05, 0) is 25.1 Å². The minimum atomic E-state index is 0.722. The Morgan fingerprint density at radius 3 is 3.06 bits per heavy atom. The Balaban J connectivity index is 2.01. The van der Waals surface area contributed by atoms with Crippen LogP contribution in [-0.2, 0) is 0 Å². The Kier molecular flexibility index (Phi) is 2.35. The summed E-state index contributed by atoms with van der Waals surface area (Å²) in [6, 6.07) is 3.94. The van der Waals surface area contributed by atoms with E-state index in [0.717, 1.165) is 27.4 Å². The monoisotopic (exact) mass is 287 g/mol. The molecule has 0 unspecified atom stereocenters. The van der Waals surface area contributed by atoms with E-state index >= 15 is 0 Å². The lowest BCUT2D eigenvalue weighted by atomic mass is 10.1. The van der Waals surface area contributed by atoms with Gasteiger partial charge < -0.3 is 0 Å². The fourth-order valence-electron chi connectivity index (χ4n) is 1.66. The topological polar surface area (TPSA) is 40.9 Å². The second-order valence-electron chi connectivity index (χ2n) is 3.69. The first-order chi connectivity index (χ1) is 8.24. The number of aliphatic imine (C=N–C) groups is 1. The number of halogens is 1. The van der Waals surface area contributed by atoms with Crippen molar-refractivity contribution >= 4 is 27.5 Å². The molecule has 2 aliphatic rings. The van der Waals surface area contributed by atoms with Crippen molar-refractivity contribution in [2.45, 2.75) is 6.92 Å². The molecule has 82 valence electrons. The molecule has 4 nitrogen and oxygen atoms in total. The summed E-state index contributed by atoms with van der Waals surface area (Å²) in [5.74, 6) is 0.770. The standard InChI is InChI=1S/C12H8BrN4/c1-8-6-9(4-5-14-8)10-2-3-12-15-7-11(13)17(12)16-10/h2-6H,1H3/q+1. The molecule has 0 amide bonds. The third-order valence-electron chi connectivity index (χ3n) is 2.46. The highest BCUT2D eigenvalue weighted by atomic mass is 79.9. The van der Waals surface area contributed by atoms with Crippen LogP contribution in [0.2, 0.25) is 0 Å². The second kappa shape index (κ2) is 3.87. The summed E-state index contributed by atoms with van der Waals surface area (Å²) < 4.78 is 0.722. The van der Waals surface area contributed by atoms with Crippen molar-refractivity contribution in [1.29, 1.82) is 0 Å². The predicted octanol–water partition coefficient (Wildman–Crippen LogP) is 2.38. The number of rotatable bonds is 1. The van der Waals surface area contributed by atoms with Crippen LogP contribution in [0.1, 0.15) is 11.3 Å². The number of allylic oxidation sites excluding steroid dienone is 1. The predicted molar refractivity (Wildman–Crippen MR) is 69.6 cm³/mol. The van der Waals surface area contributed by atoms with Gasteiger partial charge in [-0.2, -0.15) is 0 Å². The van der Waals surface area contributed by atoms with Gasteiger partial charge in [0.25, 0.3) is 10.8 Å². The Morgan fingerprint density at radius 2 is 2.24 bits per heavy atom. The van der Waals surface area contributed by atoms with Crippen LogP contribution in [0.4, 0.5) is 0 Å². The smallest absolute Gasteiger partial charge is 0.262 e. The number of hydrogen-bond donors (Lipinski definition) is 0. The Hall–Kier alpha value is -1.84. The van der Waals surface area contributed by atoms with Gasteiger partial charge in [0.15, 0.2) is 0 Å². The van der Waals surface area contributed by atoms with E-state index < -0.39 is 0 Å². The molecule has 0 saturated heterocycles. The van der Waals surface area contributed by atoms with Crippen molar-refractivity contribution < 1.29 is 0 Å². The zero-order valence-electron chi connectivity index (χ0n) is 9.05. The lowest BCUT2D eigenvalue weighted by molar-refractivity contribution is 0.605. The first-order valence-electron chi connectivity index (χ1n) is 5.10.